The first-order valence-electron chi connectivity index (χ1n) is 5.91. The predicted molar refractivity (Wildman–Crippen MR) is 58.5 cm³/mol. The molecule has 1 saturated heterocycles. The Kier molecular flexibility index (Phi) is 5.34. The van der Waals surface area contributed by atoms with E-state index in [1.165, 1.54) is 6.92 Å². The Balaban J connectivity index is 2.48. The number of likely N-dealkylation sites (tertiary alicyclic amines) is 1. The van der Waals surface area contributed by atoms with Gasteiger partial charge in [0.25, 0.3) is 0 Å². The van der Waals surface area contributed by atoms with Crippen molar-refractivity contribution in [1.82, 2.24) is 4.90 Å². The third-order valence-corrected chi connectivity index (χ3v) is 2.71. The van der Waals surface area contributed by atoms with Crippen LogP contribution in [0.15, 0.2) is 0 Å². The van der Waals surface area contributed by atoms with Crippen molar-refractivity contribution in [2.75, 3.05) is 19.7 Å². The van der Waals surface area contributed by atoms with E-state index in [0.29, 0.717) is 12.8 Å². The molecule has 114 valence electrons. The smallest absolute Gasteiger partial charge is 0.466 e. The number of piperidine rings is 1. The second kappa shape index (κ2) is 6.58. The molecule has 0 N–H and O–H groups in total. The molecule has 1 atom stereocenters. The topological polar surface area (TPSA) is 72.9 Å². The lowest BCUT2D eigenvalue weighted by atomic mass is 9.99. The first-order chi connectivity index (χ1) is 9.20. The first kappa shape index (κ1) is 16.3. The van der Waals surface area contributed by atoms with Gasteiger partial charge in [0.2, 0.25) is 0 Å². The molecule has 0 spiro atoms. The van der Waals surface area contributed by atoms with Crippen LogP contribution in [0.2, 0.25) is 0 Å². The highest BCUT2D eigenvalue weighted by Crippen LogP contribution is 2.20. The van der Waals surface area contributed by atoms with Crippen molar-refractivity contribution in [3.8, 4) is 0 Å². The summed E-state index contributed by atoms with van der Waals surface area (Å²) in [6.07, 6.45) is -5.34. The molecule has 1 amide bonds. The minimum atomic E-state index is -5.21. The number of esters is 2. The van der Waals surface area contributed by atoms with Gasteiger partial charge in [0.15, 0.2) is 0 Å². The molecule has 1 heterocycles. The summed E-state index contributed by atoms with van der Waals surface area (Å²) in [6.45, 7) is 1.58. The van der Waals surface area contributed by atoms with Gasteiger partial charge in [-0.15, -0.1) is 0 Å². The Morgan fingerprint density at radius 2 is 1.95 bits per heavy atom. The summed E-state index contributed by atoms with van der Waals surface area (Å²) in [7, 11) is 0. The van der Waals surface area contributed by atoms with Gasteiger partial charge in [-0.05, 0) is 12.8 Å². The van der Waals surface area contributed by atoms with E-state index in [4.69, 9.17) is 4.74 Å². The Labute approximate surface area is 112 Å². The minimum absolute atomic E-state index is 0.0757. The summed E-state index contributed by atoms with van der Waals surface area (Å²) in [5, 5.41) is 0. The summed E-state index contributed by atoms with van der Waals surface area (Å²) in [6, 6.07) is 0. The van der Waals surface area contributed by atoms with Crippen LogP contribution in [0.25, 0.3) is 0 Å². The number of halogens is 3. The average Bonchev–Trinajstić information content (AvgIpc) is 2.35. The van der Waals surface area contributed by atoms with Gasteiger partial charge in [0.05, 0.1) is 6.61 Å². The number of amides is 1. The van der Waals surface area contributed by atoms with Crippen LogP contribution >= 0.6 is 0 Å². The van der Waals surface area contributed by atoms with Crippen LogP contribution in [0.4, 0.5) is 18.0 Å². The second-order valence-corrected chi connectivity index (χ2v) is 4.41. The van der Waals surface area contributed by atoms with Gasteiger partial charge in [-0.1, -0.05) is 0 Å². The predicted octanol–water partition coefficient (Wildman–Crippen LogP) is 1.49. The van der Waals surface area contributed by atoms with E-state index < -0.39 is 24.2 Å². The molecule has 9 heteroatoms. The monoisotopic (exact) mass is 297 g/mol. The second-order valence-electron chi connectivity index (χ2n) is 4.41. The molecular formula is C11H14F3NO5. The third kappa shape index (κ3) is 5.06. The normalized spacial score (nSPS) is 19.4. The average molecular weight is 297 g/mol. The highest BCUT2D eigenvalue weighted by molar-refractivity contribution is 5.87. The molecule has 20 heavy (non-hydrogen) atoms. The van der Waals surface area contributed by atoms with Crippen LogP contribution in [-0.2, 0) is 19.1 Å². The quantitative estimate of drug-likeness (QED) is 0.570. The summed E-state index contributed by atoms with van der Waals surface area (Å²) >= 11 is 0. The Hall–Kier alpha value is -1.80. The van der Waals surface area contributed by atoms with Crippen LogP contribution in [0.5, 0.6) is 0 Å². The zero-order valence-electron chi connectivity index (χ0n) is 10.7. The van der Waals surface area contributed by atoms with E-state index in [2.05, 4.69) is 4.74 Å². The number of hydrogen-bond acceptors (Lipinski definition) is 5. The number of carbonyl (C=O) groups is 3. The molecule has 0 aromatic rings. The molecule has 0 aliphatic carbocycles. The van der Waals surface area contributed by atoms with Crippen LogP contribution in [0, 0.1) is 5.92 Å². The maximum atomic E-state index is 12.0. The maximum absolute atomic E-state index is 12.0. The van der Waals surface area contributed by atoms with Crippen LogP contribution in [0.1, 0.15) is 19.8 Å². The number of ether oxygens (including phenoxy) is 2. The number of alkyl halides is 3. The molecule has 0 unspecified atom stereocenters. The number of nitrogens with zero attached hydrogens (tertiary/aromatic N) is 1. The molecule has 1 fully saturated rings. The van der Waals surface area contributed by atoms with E-state index in [1.54, 1.807) is 0 Å². The molecule has 1 aliphatic heterocycles. The summed E-state index contributed by atoms with van der Waals surface area (Å²) in [5.74, 6) is -3.19. The summed E-state index contributed by atoms with van der Waals surface area (Å²) in [4.78, 5) is 33.6. The van der Waals surface area contributed by atoms with Gasteiger partial charge in [-0.3, -0.25) is 4.79 Å². The van der Waals surface area contributed by atoms with Gasteiger partial charge < -0.3 is 14.4 Å². The number of rotatable bonds is 2. The molecule has 0 bridgehead atoms. The van der Waals surface area contributed by atoms with E-state index in [0.717, 1.165) is 4.90 Å². The fourth-order valence-corrected chi connectivity index (χ4v) is 1.80. The molecule has 0 saturated carbocycles. The largest absolute Gasteiger partial charge is 0.491 e. The molecular weight excluding hydrogens is 283 g/mol. The maximum Gasteiger partial charge on any atom is 0.491 e. The Morgan fingerprint density at radius 3 is 2.50 bits per heavy atom. The lowest BCUT2D eigenvalue weighted by molar-refractivity contribution is -0.194. The van der Waals surface area contributed by atoms with Gasteiger partial charge >= 0.3 is 24.2 Å². The fraction of sp³-hybridized carbons (Fsp3) is 0.727. The van der Waals surface area contributed by atoms with Crippen molar-refractivity contribution >= 4 is 18.0 Å². The minimum Gasteiger partial charge on any atom is -0.466 e. The van der Waals surface area contributed by atoms with Crippen molar-refractivity contribution in [1.29, 1.82) is 0 Å². The van der Waals surface area contributed by atoms with Crippen LogP contribution in [-0.4, -0.2) is 48.8 Å². The molecule has 1 rings (SSSR count). The van der Waals surface area contributed by atoms with Crippen molar-refractivity contribution in [3.05, 3.63) is 0 Å². The highest BCUT2D eigenvalue weighted by atomic mass is 19.4. The van der Waals surface area contributed by atoms with E-state index in [1.807, 2.05) is 0 Å². The summed E-state index contributed by atoms with van der Waals surface area (Å²) < 4.78 is 44.4. The van der Waals surface area contributed by atoms with Crippen molar-refractivity contribution < 1.29 is 37.0 Å². The van der Waals surface area contributed by atoms with E-state index in [9.17, 15) is 27.6 Å². The van der Waals surface area contributed by atoms with Gasteiger partial charge in [0, 0.05) is 25.9 Å². The third-order valence-electron chi connectivity index (χ3n) is 2.71. The first-order valence-corrected chi connectivity index (χ1v) is 5.91. The van der Waals surface area contributed by atoms with Gasteiger partial charge in [-0.2, -0.15) is 13.2 Å². The summed E-state index contributed by atoms with van der Waals surface area (Å²) in [5.41, 5.74) is 0. The lowest BCUT2D eigenvalue weighted by Gasteiger charge is -2.31. The van der Waals surface area contributed by atoms with Gasteiger partial charge in [0.1, 0.15) is 0 Å². The SMILES string of the molecule is CC(=O)OC[C@@H]1CCCN(C(=O)OC(=O)C(F)(F)F)C1. The number of carbonyl (C=O) groups excluding carboxylic acids is 3. The van der Waals surface area contributed by atoms with Gasteiger partial charge in [-0.25, -0.2) is 9.59 Å². The zero-order chi connectivity index (χ0) is 15.3. The molecule has 0 aromatic heterocycles. The molecule has 1 aliphatic rings. The molecule has 0 radical (unpaired) electrons. The van der Waals surface area contributed by atoms with Crippen LogP contribution < -0.4 is 0 Å². The molecule has 6 nitrogen and oxygen atoms in total. The van der Waals surface area contributed by atoms with Crippen molar-refractivity contribution in [2.45, 2.75) is 25.9 Å². The Bertz CT molecular complexity index is 396. The van der Waals surface area contributed by atoms with E-state index in [-0.39, 0.29) is 25.6 Å². The Morgan fingerprint density at radius 1 is 1.30 bits per heavy atom. The lowest BCUT2D eigenvalue weighted by Crippen LogP contribution is -2.43. The highest BCUT2D eigenvalue weighted by Gasteiger charge is 2.43. The molecule has 0 aromatic carbocycles. The van der Waals surface area contributed by atoms with Crippen LogP contribution in [0.3, 0.4) is 0 Å². The fourth-order valence-electron chi connectivity index (χ4n) is 1.80. The number of hydrogen-bond donors (Lipinski definition) is 0. The standard InChI is InChI=1S/C11H14F3NO5/c1-7(16)19-6-8-3-2-4-15(5-8)10(18)20-9(17)11(12,13)14/h8H,2-6H2,1H3/t8-/m1/s1. The van der Waals surface area contributed by atoms with Crippen molar-refractivity contribution in [3.63, 3.8) is 0 Å². The van der Waals surface area contributed by atoms with Crippen molar-refractivity contribution in [2.24, 2.45) is 5.92 Å². The van der Waals surface area contributed by atoms with E-state index >= 15 is 0 Å². The zero-order valence-corrected chi connectivity index (χ0v) is 10.7.